The maximum absolute atomic E-state index is 12.6. The second-order valence-corrected chi connectivity index (χ2v) is 11.6. The van der Waals surface area contributed by atoms with Gasteiger partial charge in [0.05, 0.1) is 32.0 Å². The van der Waals surface area contributed by atoms with Crippen molar-refractivity contribution in [2.24, 2.45) is 0 Å². The minimum atomic E-state index is -1.77. The zero-order chi connectivity index (χ0) is 31.9. The van der Waals surface area contributed by atoms with Crippen LogP contribution in [0.15, 0.2) is 0 Å². The van der Waals surface area contributed by atoms with Gasteiger partial charge in [-0.15, -0.1) is 0 Å². The molecule has 14 heteroatoms. The van der Waals surface area contributed by atoms with Gasteiger partial charge in [0, 0.05) is 6.42 Å². The smallest absolute Gasteiger partial charge is 0.220 e. The molecule has 0 aromatic heterocycles. The van der Waals surface area contributed by atoms with E-state index >= 15 is 0 Å². The monoisotopic (exact) mass is 625 g/mol. The van der Waals surface area contributed by atoms with Gasteiger partial charge < -0.3 is 65.1 Å². The Morgan fingerprint density at radius 2 is 1.33 bits per heavy atom. The van der Waals surface area contributed by atoms with Crippen molar-refractivity contribution in [1.29, 1.82) is 0 Å². The Bertz CT molecular complexity index is 760. The number of hydrogen-bond donors (Lipinski definition) is 9. The number of nitrogens with one attached hydrogen (secondary N) is 1. The molecule has 12 unspecified atom stereocenters. The molecule has 0 radical (unpaired) electrons. The highest BCUT2D eigenvalue weighted by Gasteiger charge is 2.50. The number of unbranched alkanes of at least 4 members (excludes halogenated alkanes) is 7. The molecule has 0 spiro atoms. The van der Waals surface area contributed by atoms with Crippen LogP contribution in [-0.4, -0.2) is 140 Å². The highest BCUT2D eigenvalue weighted by atomic mass is 16.7. The molecule has 0 aromatic rings. The van der Waals surface area contributed by atoms with E-state index in [0.29, 0.717) is 19.3 Å². The van der Waals surface area contributed by atoms with Gasteiger partial charge in [-0.1, -0.05) is 65.2 Å². The SMILES string of the molecule is CCCCCCCCC(O)C(COC1OC(CO)C(OC2OC(CO)C(O)C(O)C2O)C(O)C1O)NC(=O)CCCCC. The topological polar surface area (TPSA) is 228 Å². The maximum Gasteiger partial charge on any atom is 0.220 e. The number of amides is 1. The van der Waals surface area contributed by atoms with E-state index in [4.69, 9.17) is 18.9 Å². The van der Waals surface area contributed by atoms with Crippen LogP contribution in [0.4, 0.5) is 0 Å². The molecule has 2 fully saturated rings. The summed E-state index contributed by atoms with van der Waals surface area (Å²) >= 11 is 0. The standard InChI is InChI=1S/C29H55NO13/c1-3-5-7-8-9-11-12-18(33)17(30-21(34)13-10-6-4-2)16-40-28-26(39)24(37)27(20(15-32)42-28)43-29-25(38)23(36)22(35)19(14-31)41-29/h17-20,22-29,31-33,35-39H,3-16H2,1-2H3,(H,30,34). The number of hydrogen-bond acceptors (Lipinski definition) is 13. The van der Waals surface area contributed by atoms with Crippen LogP contribution in [0, 0.1) is 0 Å². The lowest BCUT2D eigenvalue weighted by atomic mass is 9.97. The van der Waals surface area contributed by atoms with E-state index in [1.54, 1.807) is 0 Å². The second-order valence-electron chi connectivity index (χ2n) is 11.6. The number of rotatable bonds is 20. The van der Waals surface area contributed by atoms with Gasteiger partial charge in [-0.05, 0) is 12.8 Å². The highest BCUT2D eigenvalue weighted by Crippen LogP contribution is 2.29. The average Bonchev–Trinajstić information content (AvgIpc) is 3.00. The molecule has 2 rings (SSSR count). The van der Waals surface area contributed by atoms with Crippen molar-refractivity contribution in [2.75, 3.05) is 19.8 Å². The van der Waals surface area contributed by atoms with Gasteiger partial charge in [-0.3, -0.25) is 4.79 Å². The Kier molecular flexibility index (Phi) is 17.9. The van der Waals surface area contributed by atoms with Crippen LogP contribution in [0.3, 0.4) is 0 Å². The molecule has 0 aromatic carbocycles. The molecule has 0 bridgehead atoms. The lowest BCUT2D eigenvalue weighted by Gasteiger charge is -2.46. The molecule has 43 heavy (non-hydrogen) atoms. The number of ether oxygens (including phenoxy) is 4. The van der Waals surface area contributed by atoms with Gasteiger partial charge in [0.1, 0.15) is 48.8 Å². The minimum Gasteiger partial charge on any atom is -0.394 e. The fourth-order valence-corrected chi connectivity index (χ4v) is 5.29. The Morgan fingerprint density at radius 3 is 1.98 bits per heavy atom. The second kappa shape index (κ2) is 20.2. The lowest BCUT2D eigenvalue weighted by Crippen LogP contribution is -2.65. The predicted octanol–water partition coefficient (Wildman–Crippen LogP) is -1.20. The molecule has 9 N–H and O–H groups in total. The van der Waals surface area contributed by atoms with Crippen LogP contribution < -0.4 is 5.32 Å². The normalized spacial score (nSPS) is 34.6. The fraction of sp³-hybridized carbons (Fsp3) is 0.966. The van der Waals surface area contributed by atoms with Crippen molar-refractivity contribution in [3.63, 3.8) is 0 Å². The summed E-state index contributed by atoms with van der Waals surface area (Å²) in [4.78, 5) is 12.6. The summed E-state index contributed by atoms with van der Waals surface area (Å²) in [5.74, 6) is -0.240. The summed E-state index contributed by atoms with van der Waals surface area (Å²) in [6.45, 7) is 2.52. The van der Waals surface area contributed by atoms with Crippen molar-refractivity contribution in [3.8, 4) is 0 Å². The molecule has 12 atom stereocenters. The summed E-state index contributed by atoms with van der Waals surface area (Å²) in [6, 6.07) is -0.812. The molecule has 254 valence electrons. The molecule has 0 aliphatic carbocycles. The predicted molar refractivity (Wildman–Crippen MR) is 152 cm³/mol. The third-order valence-electron chi connectivity index (χ3n) is 8.07. The van der Waals surface area contributed by atoms with Crippen molar-refractivity contribution in [2.45, 2.75) is 158 Å². The number of carbonyl (C=O) groups excluding carboxylic acids is 1. The Morgan fingerprint density at radius 1 is 0.744 bits per heavy atom. The van der Waals surface area contributed by atoms with Gasteiger partial charge >= 0.3 is 0 Å². The van der Waals surface area contributed by atoms with Gasteiger partial charge in [0.25, 0.3) is 0 Å². The van der Waals surface area contributed by atoms with E-state index in [0.717, 1.165) is 51.4 Å². The molecule has 2 heterocycles. The molecule has 2 aliphatic heterocycles. The highest BCUT2D eigenvalue weighted by molar-refractivity contribution is 5.76. The van der Waals surface area contributed by atoms with E-state index in [1.165, 1.54) is 0 Å². The summed E-state index contributed by atoms with van der Waals surface area (Å²) in [6.07, 6.45) is -7.18. The average molecular weight is 626 g/mol. The van der Waals surface area contributed by atoms with Crippen molar-refractivity contribution in [1.82, 2.24) is 5.32 Å². The van der Waals surface area contributed by atoms with Crippen LogP contribution >= 0.6 is 0 Å². The lowest BCUT2D eigenvalue weighted by molar-refractivity contribution is -0.359. The zero-order valence-electron chi connectivity index (χ0n) is 25.4. The summed E-state index contributed by atoms with van der Waals surface area (Å²) < 4.78 is 22.3. The summed E-state index contributed by atoms with van der Waals surface area (Å²) in [7, 11) is 0. The summed E-state index contributed by atoms with van der Waals surface area (Å²) in [5.41, 5.74) is 0. The summed E-state index contributed by atoms with van der Waals surface area (Å²) in [5, 5.41) is 85.0. The van der Waals surface area contributed by atoms with Crippen LogP contribution in [0.5, 0.6) is 0 Å². The Hall–Kier alpha value is -1.01. The molecule has 2 aliphatic rings. The molecule has 2 saturated heterocycles. The minimum absolute atomic E-state index is 0.240. The van der Waals surface area contributed by atoms with Gasteiger partial charge in [0.15, 0.2) is 12.6 Å². The Balaban J connectivity index is 2.02. The molecular weight excluding hydrogens is 570 g/mol. The van der Waals surface area contributed by atoms with Crippen molar-refractivity contribution in [3.05, 3.63) is 0 Å². The van der Waals surface area contributed by atoms with Gasteiger partial charge in [-0.2, -0.15) is 0 Å². The van der Waals surface area contributed by atoms with E-state index < -0.39 is 86.8 Å². The maximum atomic E-state index is 12.6. The van der Waals surface area contributed by atoms with Gasteiger partial charge in [0.2, 0.25) is 5.91 Å². The number of aliphatic hydroxyl groups is 8. The molecule has 0 saturated carbocycles. The first-order valence-electron chi connectivity index (χ1n) is 15.8. The fourth-order valence-electron chi connectivity index (χ4n) is 5.29. The van der Waals surface area contributed by atoms with Crippen molar-refractivity contribution < 1.29 is 64.6 Å². The third kappa shape index (κ3) is 11.7. The number of aliphatic hydroxyl groups excluding tert-OH is 8. The first kappa shape index (κ1) is 38.2. The van der Waals surface area contributed by atoms with E-state index in [-0.39, 0.29) is 12.5 Å². The van der Waals surface area contributed by atoms with E-state index in [2.05, 4.69) is 12.2 Å². The quantitative estimate of drug-likeness (QED) is 0.0726. The Labute approximate surface area is 253 Å². The largest absolute Gasteiger partial charge is 0.394 e. The first-order valence-corrected chi connectivity index (χ1v) is 15.8. The van der Waals surface area contributed by atoms with E-state index in [1.807, 2.05) is 6.92 Å². The van der Waals surface area contributed by atoms with Crippen molar-refractivity contribution >= 4 is 5.91 Å². The molecule has 14 nitrogen and oxygen atoms in total. The van der Waals surface area contributed by atoms with Crippen LogP contribution in [0.1, 0.15) is 84.5 Å². The number of carbonyl (C=O) groups is 1. The third-order valence-corrected chi connectivity index (χ3v) is 8.07. The molecule has 1 amide bonds. The molecular formula is C29H55NO13. The van der Waals surface area contributed by atoms with Crippen LogP contribution in [0.25, 0.3) is 0 Å². The van der Waals surface area contributed by atoms with Gasteiger partial charge in [-0.25, -0.2) is 0 Å². The zero-order valence-corrected chi connectivity index (χ0v) is 25.4. The first-order chi connectivity index (χ1) is 20.6. The van der Waals surface area contributed by atoms with E-state index in [9.17, 15) is 45.6 Å². The van der Waals surface area contributed by atoms with Crippen LogP contribution in [-0.2, 0) is 23.7 Å². The van der Waals surface area contributed by atoms with Crippen LogP contribution in [0.2, 0.25) is 0 Å².